The van der Waals surface area contributed by atoms with Gasteiger partial charge in [-0.15, -0.1) is 0 Å². The zero-order valence-electron chi connectivity index (χ0n) is 17.1. The van der Waals surface area contributed by atoms with Crippen LogP contribution in [0.4, 0.5) is 5.82 Å². The number of nitrogens with two attached hydrogens (primary N) is 1. The van der Waals surface area contributed by atoms with E-state index in [-0.39, 0.29) is 35.4 Å². The van der Waals surface area contributed by atoms with E-state index in [1.54, 1.807) is 13.8 Å². The molecular formula is C16H24ClN6O8P. The molecule has 1 fully saturated rings. The van der Waals surface area contributed by atoms with E-state index in [4.69, 9.17) is 26.8 Å². The molecule has 6 N–H and O–H groups in total. The number of likely N-dealkylation sites (N-methyl/N-ethyl adjacent to an activating group) is 1. The first-order chi connectivity index (χ1) is 15.0. The molecule has 0 saturated carbocycles. The Hall–Kier alpha value is -1.90. The van der Waals surface area contributed by atoms with Gasteiger partial charge in [-0.05, 0) is 25.4 Å². The number of aliphatic hydroxyl groups is 2. The predicted molar refractivity (Wildman–Crippen MR) is 110 cm³/mol. The van der Waals surface area contributed by atoms with Crippen molar-refractivity contribution >= 4 is 42.1 Å². The Morgan fingerprint density at radius 1 is 1.34 bits per heavy atom. The van der Waals surface area contributed by atoms with E-state index in [9.17, 15) is 29.4 Å². The molecule has 1 aliphatic rings. The van der Waals surface area contributed by atoms with E-state index in [2.05, 4.69) is 15.0 Å². The second-order valence-electron chi connectivity index (χ2n) is 7.03. The molecule has 14 nitrogen and oxygen atoms in total. The van der Waals surface area contributed by atoms with Crippen molar-refractivity contribution in [2.75, 3.05) is 25.4 Å². The zero-order chi connectivity index (χ0) is 23.8. The minimum atomic E-state index is -4.98. The highest BCUT2D eigenvalue weighted by Crippen LogP contribution is 2.43. The van der Waals surface area contributed by atoms with Crippen LogP contribution in [0.2, 0.25) is 5.28 Å². The van der Waals surface area contributed by atoms with Gasteiger partial charge in [0, 0.05) is 13.1 Å². The fourth-order valence-electron chi connectivity index (χ4n) is 3.38. The maximum absolute atomic E-state index is 12.5. The first-order valence-corrected chi connectivity index (χ1v) is 11.7. The number of nitrogens with zero attached hydrogens (tertiary/aromatic N) is 5. The molecule has 0 aliphatic carbocycles. The average molecular weight is 495 g/mol. The van der Waals surface area contributed by atoms with E-state index < -0.39 is 50.5 Å². The number of aliphatic hydroxyl groups excluding tert-OH is 2. The third-order valence-electron chi connectivity index (χ3n) is 5.04. The molecule has 1 aliphatic heterocycles. The van der Waals surface area contributed by atoms with Crippen molar-refractivity contribution in [3.8, 4) is 0 Å². The Bertz CT molecular complexity index is 1030. The van der Waals surface area contributed by atoms with Gasteiger partial charge in [-0.3, -0.25) is 13.9 Å². The van der Waals surface area contributed by atoms with Gasteiger partial charge in [-0.2, -0.15) is 9.97 Å². The van der Waals surface area contributed by atoms with Crippen LogP contribution in [-0.4, -0.2) is 94.2 Å². The third kappa shape index (κ3) is 4.72. The van der Waals surface area contributed by atoms with Gasteiger partial charge >= 0.3 is 7.60 Å². The van der Waals surface area contributed by atoms with Gasteiger partial charge in [-0.1, -0.05) is 0 Å². The summed E-state index contributed by atoms with van der Waals surface area (Å²) in [5.74, 6) is -2.96. The highest BCUT2D eigenvalue weighted by Gasteiger charge is 2.46. The van der Waals surface area contributed by atoms with E-state index >= 15 is 0 Å². The van der Waals surface area contributed by atoms with Gasteiger partial charge in [0.1, 0.15) is 23.8 Å². The number of nitrogen functional groups attached to an aromatic ring is 1. The second kappa shape index (κ2) is 9.53. The molecule has 5 atom stereocenters. The molecule has 0 spiro atoms. The number of anilines is 1. The fourth-order valence-corrected chi connectivity index (χ4v) is 4.29. The topological polar surface area (TPSA) is 206 Å². The number of carbonyl (C=O) groups is 1. The minimum absolute atomic E-state index is 0.00562. The van der Waals surface area contributed by atoms with E-state index in [0.29, 0.717) is 0 Å². The van der Waals surface area contributed by atoms with Crippen LogP contribution in [0, 0.1) is 0 Å². The Balaban J connectivity index is 1.79. The Kier molecular flexibility index (Phi) is 7.37. The lowest BCUT2D eigenvalue weighted by Crippen LogP contribution is -2.42. The van der Waals surface area contributed by atoms with E-state index in [1.807, 2.05) is 0 Å². The predicted octanol–water partition coefficient (Wildman–Crippen LogP) is -0.930. The van der Waals surface area contributed by atoms with Crippen LogP contribution in [0.25, 0.3) is 11.2 Å². The molecule has 2 aromatic rings. The van der Waals surface area contributed by atoms with Gasteiger partial charge in [-0.25, -0.2) is 4.98 Å². The maximum Gasteiger partial charge on any atom is 0.363 e. The molecule has 32 heavy (non-hydrogen) atoms. The van der Waals surface area contributed by atoms with Gasteiger partial charge in [0.25, 0.3) is 5.91 Å². The SMILES string of the molecule is CCN(CC)C(=O)[C@H](OC[C@H]1O[C@@H](n2cnc3c(N)nc(Cl)nc32)[C@H](O)[C@H]1O)P(=O)(O)O. The number of fused-ring (bicyclic) bond motifs is 1. The van der Waals surface area contributed by atoms with E-state index in [1.165, 1.54) is 15.8 Å². The van der Waals surface area contributed by atoms with Crippen LogP contribution in [0.3, 0.4) is 0 Å². The lowest BCUT2D eigenvalue weighted by molar-refractivity contribution is -0.142. The van der Waals surface area contributed by atoms with Crippen molar-refractivity contribution in [3.63, 3.8) is 0 Å². The quantitative estimate of drug-likeness (QED) is 0.223. The highest BCUT2D eigenvalue weighted by atomic mass is 35.5. The Labute approximate surface area is 187 Å². The molecule has 0 unspecified atom stereocenters. The number of aromatic nitrogens is 4. The maximum atomic E-state index is 12.5. The first kappa shape index (κ1) is 24.7. The third-order valence-corrected chi connectivity index (χ3v) is 6.19. The van der Waals surface area contributed by atoms with Crippen molar-refractivity contribution < 1.29 is 38.8 Å². The molecule has 178 valence electrons. The summed E-state index contributed by atoms with van der Waals surface area (Å²) in [5.41, 5.74) is 6.11. The summed E-state index contributed by atoms with van der Waals surface area (Å²) in [6, 6.07) is 0. The summed E-state index contributed by atoms with van der Waals surface area (Å²) in [7, 11) is -4.98. The monoisotopic (exact) mass is 494 g/mol. The first-order valence-electron chi connectivity index (χ1n) is 9.62. The summed E-state index contributed by atoms with van der Waals surface area (Å²) in [4.78, 5) is 44.7. The van der Waals surface area contributed by atoms with Gasteiger partial charge in [0.2, 0.25) is 11.1 Å². The zero-order valence-corrected chi connectivity index (χ0v) is 18.8. The number of hydrogen-bond acceptors (Lipinski definition) is 10. The number of hydrogen-bond donors (Lipinski definition) is 5. The van der Waals surface area contributed by atoms with Gasteiger partial charge < -0.3 is 40.1 Å². The highest BCUT2D eigenvalue weighted by molar-refractivity contribution is 7.53. The van der Waals surface area contributed by atoms with Crippen LogP contribution >= 0.6 is 19.2 Å². The number of ether oxygens (including phenoxy) is 2. The van der Waals surface area contributed by atoms with Crippen molar-refractivity contribution in [2.24, 2.45) is 0 Å². The number of halogens is 1. The summed E-state index contributed by atoms with van der Waals surface area (Å²) < 4.78 is 24.0. The molecule has 3 rings (SSSR count). The van der Waals surface area contributed by atoms with Crippen LogP contribution in [0.1, 0.15) is 20.1 Å². The van der Waals surface area contributed by atoms with Crippen molar-refractivity contribution in [3.05, 3.63) is 11.6 Å². The van der Waals surface area contributed by atoms with E-state index in [0.717, 1.165) is 0 Å². The molecule has 3 heterocycles. The molecule has 16 heteroatoms. The normalized spacial score (nSPS) is 24.7. The van der Waals surface area contributed by atoms with Crippen molar-refractivity contribution in [1.29, 1.82) is 0 Å². The smallest absolute Gasteiger partial charge is 0.363 e. The van der Waals surface area contributed by atoms with Gasteiger partial charge in [0.15, 0.2) is 17.7 Å². The molecule has 0 bridgehead atoms. The van der Waals surface area contributed by atoms with Crippen LogP contribution in [0.15, 0.2) is 6.33 Å². The summed E-state index contributed by atoms with van der Waals surface area (Å²) in [5, 5.41) is 20.7. The van der Waals surface area contributed by atoms with Crippen LogP contribution in [0.5, 0.6) is 0 Å². The molecular weight excluding hydrogens is 471 g/mol. The molecule has 0 radical (unpaired) electrons. The Morgan fingerprint density at radius 3 is 2.59 bits per heavy atom. The summed E-state index contributed by atoms with van der Waals surface area (Å²) in [6.45, 7) is 3.17. The standard InChI is InChI=1S/C16H24ClN6O8P/c1-3-22(4-2)13(26)15(32(27,28)29)30-5-7-9(24)10(25)14(31-7)23-6-19-8-11(18)20-16(17)21-12(8)23/h6-7,9-10,14-15,24-25H,3-5H2,1-2H3,(H2,18,20,21)(H2,27,28,29)/t7-,9+,10-,14-,15-/m1/s1. The molecule has 1 saturated heterocycles. The van der Waals surface area contributed by atoms with Crippen LogP contribution in [-0.2, 0) is 18.8 Å². The molecule has 2 aromatic heterocycles. The lowest BCUT2D eigenvalue weighted by atomic mass is 10.1. The number of rotatable bonds is 8. The summed E-state index contributed by atoms with van der Waals surface area (Å²) >= 11 is 5.83. The van der Waals surface area contributed by atoms with Crippen molar-refractivity contribution in [2.45, 2.75) is 44.2 Å². The van der Waals surface area contributed by atoms with Crippen LogP contribution < -0.4 is 5.73 Å². The Morgan fingerprint density at radius 2 is 2.00 bits per heavy atom. The number of amides is 1. The number of imidazole rings is 1. The fraction of sp³-hybridized carbons (Fsp3) is 0.625. The van der Waals surface area contributed by atoms with Crippen molar-refractivity contribution in [1.82, 2.24) is 24.4 Å². The second-order valence-corrected chi connectivity index (χ2v) is 9.02. The molecule has 0 aromatic carbocycles. The molecule has 1 amide bonds. The lowest BCUT2D eigenvalue weighted by Gasteiger charge is -2.26. The minimum Gasteiger partial charge on any atom is -0.387 e. The number of carbonyl (C=O) groups excluding carboxylic acids is 1. The van der Waals surface area contributed by atoms with Gasteiger partial charge in [0.05, 0.1) is 12.9 Å². The summed E-state index contributed by atoms with van der Waals surface area (Å²) in [6.07, 6.45) is -4.14. The largest absolute Gasteiger partial charge is 0.387 e. The average Bonchev–Trinajstić information content (AvgIpc) is 3.24.